The zero-order valence-electron chi connectivity index (χ0n) is 7.51. The van der Waals surface area contributed by atoms with Gasteiger partial charge in [-0.15, -0.1) is 0 Å². The third-order valence-electron chi connectivity index (χ3n) is 2.19. The first-order valence-corrected chi connectivity index (χ1v) is 4.92. The van der Waals surface area contributed by atoms with Crippen molar-refractivity contribution in [3.8, 4) is 5.75 Å². The fourth-order valence-electron chi connectivity index (χ4n) is 1.58. The van der Waals surface area contributed by atoms with E-state index in [0.29, 0.717) is 10.0 Å². The average molecular weight is 227 g/mol. The van der Waals surface area contributed by atoms with Gasteiger partial charge in [-0.3, -0.25) is 0 Å². The number of hydrogen-bond acceptors (Lipinski definition) is 1. The van der Waals surface area contributed by atoms with Crippen molar-refractivity contribution in [2.24, 2.45) is 0 Å². The molecule has 0 saturated carbocycles. The molecule has 0 fully saturated rings. The van der Waals surface area contributed by atoms with Crippen LogP contribution in [-0.2, 0) is 0 Å². The monoisotopic (exact) mass is 226 g/mol. The summed E-state index contributed by atoms with van der Waals surface area (Å²) in [4.78, 5) is 0. The molecule has 0 heterocycles. The average Bonchev–Trinajstić information content (AvgIpc) is 2.10. The van der Waals surface area contributed by atoms with E-state index in [1.54, 1.807) is 18.2 Å². The standard InChI is InChI=1S/C11H8Cl2O/c1-6-4-8(14)5-7-2-3-9(12)11(13)10(6)7/h2-5,14H,1H3. The maximum Gasteiger partial charge on any atom is 0.116 e. The zero-order valence-corrected chi connectivity index (χ0v) is 9.02. The number of benzene rings is 2. The molecule has 1 N–H and O–H groups in total. The van der Waals surface area contributed by atoms with E-state index in [0.717, 1.165) is 16.3 Å². The van der Waals surface area contributed by atoms with Crippen LogP contribution in [0.25, 0.3) is 10.8 Å². The van der Waals surface area contributed by atoms with Crippen LogP contribution in [0.3, 0.4) is 0 Å². The molecule has 2 rings (SSSR count). The molecule has 0 aliphatic rings. The van der Waals surface area contributed by atoms with Gasteiger partial charge in [-0.1, -0.05) is 29.3 Å². The molecule has 0 bridgehead atoms. The quantitative estimate of drug-likeness (QED) is 0.716. The molecule has 0 aliphatic heterocycles. The van der Waals surface area contributed by atoms with Gasteiger partial charge in [0.25, 0.3) is 0 Å². The molecule has 0 atom stereocenters. The SMILES string of the molecule is Cc1cc(O)cc2ccc(Cl)c(Cl)c12. The van der Waals surface area contributed by atoms with Gasteiger partial charge < -0.3 is 5.11 Å². The van der Waals surface area contributed by atoms with Gasteiger partial charge in [-0.25, -0.2) is 0 Å². The van der Waals surface area contributed by atoms with Crippen molar-refractivity contribution in [3.63, 3.8) is 0 Å². The van der Waals surface area contributed by atoms with E-state index in [-0.39, 0.29) is 5.75 Å². The molecule has 2 aromatic rings. The fraction of sp³-hybridized carbons (Fsp3) is 0.0909. The lowest BCUT2D eigenvalue weighted by Crippen LogP contribution is -1.81. The summed E-state index contributed by atoms with van der Waals surface area (Å²) >= 11 is 12.0. The fourth-order valence-corrected chi connectivity index (χ4v) is 2.06. The Balaban J connectivity index is 2.95. The number of aromatic hydroxyl groups is 1. The molecule has 2 aromatic carbocycles. The van der Waals surface area contributed by atoms with Gasteiger partial charge in [-0.2, -0.15) is 0 Å². The maximum atomic E-state index is 9.40. The van der Waals surface area contributed by atoms with Crippen LogP contribution in [0.15, 0.2) is 24.3 Å². The number of rotatable bonds is 0. The molecule has 3 heteroatoms. The molecule has 0 unspecified atom stereocenters. The first-order chi connectivity index (χ1) is 6.59. The maximum absolute atomic E-state index is 9.40. The molecular formula is C11H8Cl2O. The van der Waals surface area contributed by atoms with Crippen LogP contribution in [0, 0.1) is 6.92 Å². The minimum absolute atomic E-state index is 0.244. The number of hydrogen-bond donors (Lipinski definition) is 1. The zero-order chi connectivity index (χ0) is 10.3. The second-order valence-corrected chi connectivity index (χ2v) is 4.01. The second kappa shape index (κ2) is 3.34. The van der Waals surface area contributed by atoms with Crippen LogP contribution < -0.4 is 0 Å². The van der Waals surface area contributed by atoms with Crippen molar-refractivity contribution in [2.45, 2.75) is 6.92 Å². The van der Waals surface area contributed by atoms with Crippen LogP contribution >= 0.6 is 23.2 Å². The summed E-state index contributed by atoms with van der Waals surface area (Å²) in [5.74, 6) is 0.244. The Labute approximate surface area is 91.9 Å². The number of fused-ring (bicyclic) bond motifs is 1. The van der Waals surface area contributed by atoms with Gasteiger partial charge in [-0.05, 0) is 36.1 Å². The minimum Gasteiger partial charge on any atom is -0.508 e. The van der Waals surface area contributed by atoms with E-state index in [2.05, 4.69) is 0 Å². The first-order valence-electron chi connectivity index (χ1n) is 4.17. The van der Waals surface area contributed by atoms with Crippen LogP contribution in [0.4, 0.5) is 0 Å². The lowest BCUT2D eigenvalue weighted by atomic mass is 10.1. The molecular weight excluding hydrogens is 219 g/mol. The van der Waals surface area contributed by atoms with Crippen LogP contribution in [0.5, 0.6) is 5.75 Å². The van der Waals surface area contributed by atoms with Gasteiger partial charge in [0.2, 0.25) is 0 Å². The predicted octanol–water partition coefficient (Wildman–Crippen LogP) is 4.16. The van der Waals surface area contributed by atoms with E-state index in [9.17, 15) is 5.11 Å². The number of phenolic OH excluding ortho intramolecular Hbond substituents is 1. The number of phenols is 1. The highest BCUT2D eigenvalue weighted by Gasteiger charge is 2.07. The molecule has 1 nitrogen and oxygen atoms in total. The summed E-state index contributed by atoms with van der Waals surface area (Å²) in [5, 5.41) is 12.3. The van der Waals surface area contributed by atoms with Crippen molar-refractivity contribution >= 4 is 34.0 Å². The normalized spacial score (nSPS) is 10.8. The third kappa shape index (κ3) is 1.43. The Bertz CT molecular complexity index is 506. The molecule has 0 amide bonds. The van der Waals surface area contributed by atoms with Gasteiger partial charge in [0, 0.05) is 5.39 Å². The van der Waals surface area contributed by atoms with Crippen molar-refractivity contribution < 1.29 is 5.11 Å². The number of aryl methyl sites for hydroxylation is 1. The summed E-state index contributed by atoms with van der Waals surface area (Å²) in [6, 6.07) is 6.91. The van der Waals surface area contributed by atoms with Crippen LogP contribution in [-0.4, -0.2) is 5.11 Å². The molecule has 0 saturated heterocycles. The first kappa shape index (κ1) is 9.63. The Morgan fingerprint density at radius 3 is 2.57 bits per heavy atom. The predicted molar refractivity (Wildman–Crippen MR) is 60.4 cm³/mol. The topological polar surface area (TPSA) is 20.2 Å². The number of halogens is 2. The van der Waals surface area contributed by atoms with E-state index < -0.39 is 0 Å². The highest BCUT2D eigenvalue weighted by Crippen LogP contribution is 2.34. The van der Waals surface area contributed by atoms with E-state index >= 15 is 0 Å². The van der Waals surface area contributed by atoms with Crippen molar-refractivity contribution in [3.05, 3.63) is 39.9 Å². The smallest absolute Gasteiger partial charge is 0.116 e. The molecule has 0 aliphatic carbocycles. The lowest BCUT2D eigenvalue weighted by Gasteiger charge is -2.06. The van der Waals surface area contributed by atoms with Gasteiger partial charge in [0.15, 0.2) is 0 Å². The summed E-state index contributed by atoms with van der Waals surface area (Å²) in [7, 11) is 0. The Kier molecular flexibility index (Phi) is 2.30. The molecule has 0 radical (unpaired) electrons. The van der Waals surface area contributed by atoms with Gasteiger partial charge >= 0.3 is 0 Å². The molecule has 0 aromatic heterocycles. The van der Waals surface area contributed by atoms with Crippen LogP contribution in [0.2, 0.25) is 10.0 Å². The lowest BCUT2D eigenvalue weighted by molar-refractivity contribution is 0.476. The summed E-state index contributed by atoms with van der Waals surface area (Å²) < 4.78 is 0. The minimum atomic E-state index is 0.244. The van der Waals surface area contributed by atoms with Crippen molar-refractivity contribution in [2.75, 3.05) is 0 Å². The molecule has 0 spiro atoms. The Morgan fingerprint density at radius 2 is 1.86 bits per heavy atom. The van der Waals surface area contributed by atoms with E-state index in [1.807, 2.05) is 13.0 Å². The Morgan fingerprint density at radius 1 is 1.14 bits per heavy atom. The van der Waals surface area contributed by atoms with Gasteiger partial charge in [0.05, 0.1) is 10.0 Å². The largest absolute Gasteiger partial charge is 0.508 e. The third-order valence-corrected chi connectivity index (χ3v) is 2.99. The van der Waals surface area contributed by atoms with E-state index in [1.165, 1.54) is 0 Å². The van der Waals surface area contributed by atoms with Gasteiger partial charge in [0.1, 0.15) is 5.75 Å². The second-order valence-electron chi connectivity index (χ2n) is 3.22. The van der Waals surface area contributed by atoms with Crippen molar-refractivity contribution in [1.82, 2.24) is 0 Å². The summed E-state index contributed by atoms with van der Waals surface area (Å²) in [6.45, 7) is 1.89. The highest BCUT2D eigenvalue weighted by molar-refractivity contribution is 6.45. The van der Waals surface area contributed by atoms with Crippen LogP contribution in [0.1, 0.15) is 5.56 Å². The molecule has 72 valence electrons. The summed E-state index contributed by atoms with van der Waals surface area (Å²) in [6.07, 6.45) is 0. The van der Waals surface area contributed by atoms with Crippen molar-refractivity contribution in [1.29, 1.82) is 0 Å². The van der Waals surface area contributed by atoms with E-state index in [4.69, 9.17) is 23.2 Å². The molecule has 14 heavy (non-hydrogen) atoms. The highest BCUT2D eigenvalue weighted by atomic mass is 35.5. The Hall–Kier alpha value is -0.920. The summed E-state index contributed by atoms with van der Waals surface area (Å²) in [5.41, 5.74) is 0.924.